The zero-order valence-corrected chi connectivity index (χ0v) is 11.3. The van der Waals surface area contributed by atoms with Crippen LogP contribution in [0.5, 0.6) is 0 Å². The molecule has 2 aromatic carbocycles. The van der Waals surface area contributed by atoms with Crippen LogP contribution >= 0.6 is 0 Å². The van der Waals surface area contributed by atoms with Gasteiger partial charge in [0.1, 0.15) is 0 Å². The molecule has 0 unspecified atom stereocenters. The van der Waals surface area contributed by atoms with Crippen LogP contribution in [0, 0.1) is 6.92 Å². The first kappa shape index (κ1) is 13.1. The number of rotatable bonds is 3. The van der Waals surface area contributed by atoms with Gasteiger partial charge in [-0.05, 0) is 37.6 Å². The average molecular weight is 254 g/mol. The SMILES string of the molecule is CCN(C(=O)c1c(C)cccc1N)c1ccccc1. The van der Waals surface area contributed by atoms with Gasteiger partial charge in [-0.25, -0.2) is 0 Å². The molecule has 1 amide bonds. The number of para-hydroxylation sites is 1. The summed E-state index contributed by atoms with van der Waals surface area (Å²) in [7, 11) is 0. The number of anilines is 2. The quantitative estimate of drug-likeness (QED) is 0.855. The van der Waals surface area contributed by atoms with Crippen molar-refractivity contribution in [3.05, 3.63) is 59.7 Å². The molecular weight excluding hydrogens is 236 g/mol. The normalized spacial score (nSPS) is 10.2. The predicted octanol–water partition coefficient (Wildman–Crippen LogP) is 3.24. The fourth-order valence-electron chi connectivity index (χ4n) is 2.17. The summed E-state index contributed by atoms with van der Waals surface area (Å²) >= 11 is 0. The Morgan fingerprint density at radius 2 is 1.79 bits per heavy atom. The number of aryl methyl sites for hydroxylation is 1. The second-order valence-corrected chi connectivity index (χ2v) is 4.42. The van der Waals surface area contributed by atoms with Crippen molar-refractivity contribution < 1.29 is 4.79 Å². The minimum atomic E-state index is -0.0516. The molecule has 0 aliphatic carbocycles. The van der Waals surface area contributed by atoms with Gasteiger partial charge in [0.2, 0.25) is 0 Å². The molecule has 0 aliphatic rings. The van der Waals surface area contributed by atoms with Crippen molar-refractivity contribution in [2.24, 2.45) is 0 Å². The predicted molar refractivity (Wildman–Crippen MR) is 79.4 cm³/mol. The van der Waals surface area contributed by atoms with E-state index in [1.807, 2.05) is 56.3 Å². The summed E-state index contributed by atoms with van der Waals surface area (Å²) in [6.45, 7) is 4.47. The van der Waals surface area contributed by atoms with Crippen LogP contribution in [-0.4, -0.2) is 12.5 Å². The van der Waals surface area contributed by atoms with Gasteiger partial charge in [-0.1, -0.05) is 30.3 Å². The first-order valence-electron chi connectivity index (χ1n) is 6.37. The second-order valence-electron chi connectivity index (χ2n) is 4.42. The van der Waals surface area contributed by atoms with Crippen LogP contribution in [0.2, 0.25) is 0 Å². The third-order valence-electron chi connectivity index (χ3n) is 3.15. The third kappa shape index (κ3) is 2.60. The summed E-state index contributed by atoms with van der Waals surface area (Å²) in [4.78, 5) is 14.4. The lowest BCUT2D eigenvalue weighted by atomic mass is 10.0. The first-order valence-corrected chi connectivity index (χ1v) is 6.37. The average Bonchev–Trinajstić information content (AvgIpc) is 2.40. The van der Waals surface area contributed by atoms with Crippen molar-refractivity contribution in [3.63, 3.8) is 0 Å². The van der Waals surface area contributed by atoms with Crippen molar-refractivity contribution in [1.82, 2.24) is 0 Å². The molecule has 2 rings (SSSR count). The van der Waals surface area contributed by atoms with E-state index in [2.05, 4.69) is 0 Å². The molecule has 0 spiro atoms. The van der Waals surface area contributed by atoms with Gasteiger partial charge in [0.05, 0.1) is 5.56 Å². The van der Waals surface area contributed by atoms with E-state index in [0.29, 0.717) is 17.8 Å². The monoisotopic (exact) mass is 254 g/mol. The Morgan fingerprint density at radius 1 is 1.11 bits per heavy atom. The number of nitrogen functional groups attached to an aromatic ring is 1. The van der Waals surface area contributed by atoms with E-state index < -0.39 is 0 Å². The number of benzene rings is 2. The van der Waals surface area contributed by atoms with Crippen LogP contribution in [0.3, 0.4) is 0 Å². The smallest absolute Gasteiger partial charge is 0.260 e. The molecule has 0 saturated carbocycles. The Hall–Kier alpha value is -2.29. The molecule has 0 atom stereocenters. The van der Waals surface area contributed by atoms with Gasteiger partial charge < -0.3 is 10.6 Å². The molecule has 3 heteroatoms. The van der Waals surface area contributed by atoms with Gasteiger partial charge in [0.15, 0.2) is 0 Å². The highest BCUT2D eigenvalue weighted by molar-refractivity contribution is 6.10. The van der Waals surface area contributed by atoms with Crippen LogP contribution in [0.15, 0.2) is 48.5 Å². The maximum atomic E-state index is 12.7. The van der Waals surface area contributed by atoms with Crippen molar-refractivity contribution in [2.75, 3.05) is 17.2 Å². The van der Waals surface area contributed by atoms with Crippen molar-refractivity contribution in [3.8, 4) is 0 Å². The number of nitrogens with two attached hydrogens (primary N) is 1. The standard InChI is InChI=1S/C16H18N2O/c1-3-18(13-9-5-4-6-10-13)16(19)15-12(2)8-7-11-14(15)17/h4-11H,3,17H2,1-2H3. The molecule has 98 valence electrons. The molecule has 2 N–H and O–H groups in total. The zero-order chi connectivity index (χ0) is 13.8. The molecule has 0 aromatic heterocycles. The molecule has 3 nitrogen and oxygen atoms in total. The maximum Gasteiger partial charge on any atom is 0.260 e. The topological polar surface area (TPSA) is 46.3 Å². The minimum Gasteiger partial charge on any atom is -0.398 e. The Balaban J connectivity index is 2.42. The van der Waals surface area contributed by atoms with E-state index >= 15 is 0 Å². The third-order valence-corrected chi connectivity index (χ3v) is 3.15. The molecule has 0 aliphatic heterocycles. The lowest BCUT2D eigenvalue weighted by Gasteiger charge is -2.22. The number of hydrogen-bond acceptors (Lipinski definition) is 2. The summed E-state index contributed by atoms with van der Waals surface area (Å²) < 4.78 is 0. The summed E-state index contributed by atoms with van der Waals surface area (Å²) in [5.41, 5.74) is 8.85. The lowest BCUT2D eigenvalue weighted by molar-refractivity contribution is 0.0988. The first-order chi connectivity index (χ1) is 9.15. The minimum absolute atomic E-state index is 0.0516. The Morgan fingerprint density at radius 3 is 2.37 bits per heavy atom. The van der Waals surface area contributed by atoms with E-state index in [4.69, 9.17) is 5.73 Å². The number of nitrogens with zero attached hydrogens (tertiary/aromatic N) is 1. The van der Waals surface area contributed by atoms with E-state index in [-0.39, 0.29) is 5.91 Å². The van der Waals surface area contributed by atoms with E-state index in [0.717, 1.165) is 11.3 Å². The molecular formula is C16H18N2O. The summed E-state index contributed by atoms with van der Waals surface area (Å²) in [6.07, 6.45) is 0. The van der Waals surface area contributed by atoms with Gasteiger partial charge in [-0.3, -0.25) is 4.79 Å². The second kappa shape index (κ2) is 5.57. The number of amides is 1. The van der Waals surface area contributed by atoms with Crippen molar-refractivity contribution in [2.45, 2.75) is 13.8 Å². The Labute approximate surface area is 113 Å². The summed E-state index contributed by atoms with van der Waals surface area (Å²) in [5.74, 6) is -0.0516. The number of carbonyl (C=O) groups excluding carboxylic acids is 1. The molecule has 0 bridgehead atoms. The van der Waals surface area contributed by atoms with E-state index in [9.17, 15) is 4.79 Å². The van der Waals surface area contributed by atoms with E-state index in [1.54, 1.807) is 11.0 Å². The maximum absolute atomic E-state index is 12.7. The van der Waals surface area contributed by atoms with E-state index in [1.165, 1.54) is 0 Å². The highest BCUT2D eigenvalue weighted by Gasteiger charge is 2.19. The van der Waals surface area contributed by atoms with Crippen LogP contribution in [-0.2, 0) is 0 Å². The molecule has 0 radical (unpaired) electrons. The molecule has 0 saturated heterocycles. The zero-order valence-electron chi connectivity index (χ0n) is 11.3. The van der Waals surface area contributed by atoms with Gasteiger partial charge in [-0.15, -0.1) is 0 Å². The summed E-state index contributed by atoms with van der Waals surface area (Å²) in [5, 5.41) is 0. The molecule has 0 heterocycles. The number of hydrogen-bond donors (Lipinski definition) is 1. The number of carbonyl (C=O) groups is 1. The Kier molecular flexibility index (Phi) is 3.85. The van der Waals surface area contributed by atoms with Crippen molar-refractivity contribution >= 4 is 17.3 Å². The van der Waals surface area contributed by atoms with Gasteiger partial charge in [-0.2, -0.15) is 0 Å². The molecule has 0 fully saturated rings. The van der Waals surface area contributed by atoms with Crippen LogP contribution in [0.1, 0.15) is 22.8 Å². The highest BCUT2D eigenvalue weighted by atomic mass is 16.2. The Bertz CT molecular complexity index is 558. The fraction of sp³-hybridized carbons (Fsp3) is 0.188. The fourth-order valence-corrected chi connectivity index (χ4v) is 2.17. The lowest BCUT2D eigenvalue weighted by Crippen LogP contribution is -2.31. The summed E-state index contributed by atoms with van der Waals surface area (Å²) in [6, 6.07) is 15.2. The van der Waals surface area contributed by atoms with Crippen LogP contribution < -0.4 is 10.6 Å². The van der Waals surface area contributed by atoms with Crippen LogP contribution in [0.25, 0.3) is 0 Å². The largest absolute Gasteiger partial charge is 0.398 e. The van der Waals surface area contributed by atoms with Gasteiger partial charge in [0.25, 0.3) is 5.91 Å². The van der Waals surface area contributed by atoms with Crippen LogP contribution in [0.4, 0.5) is 11.4 Å². The highest BCUT2D eigenvalue weighted by Crippen LogP contribution is 2.22. The van der Waals surface area contributed by atoms with Gasteiger partial charge >= 0.3 is 0 Å². The molecule has 19 heavy (non-hydrogen) atoms. The molecule has 2 aromatic rings. The van der Waals surface area contributed by atoms with Gasteiger partial charge in [0, 0.05) is 17.9 Å². The van der Waals surface area contributed by atoms with Crippen molar-refractivity contribution in [1.29, 1.82) is 0 Å².